The molecule has 0 radical (unpaired) electrons. The van der Waals surface area contributed by atoms with Gasteiger partial charge in [0.05, 0.1) is 18.0 Å². The summed E-state index contributed by atoms with van der Waals surface area (Å²) in [5, 5.41) is 13.1. The Morgan fingerprint density at radius 1 is 1.47 bits per heavy atom. The molecule has 17 heavy (non-hydrogen) atoms. The van der Waals surface area contributed by atoms with Gasteiger partial charge in [-0.3, -0.25) is 0 Å². The predicted octanol–water partition coefficient (Wildman–Crippen LogP) is 1.96. The highest BCUT2D eigenvalue weighted by atomic mass is 35.5. The van der Waals surface area contributed by atoms with Gasteiger partial charge in [-0.1, -0.05) is 6.07 Å². The third-order valence-corrected chi connectivity index (χ3v) is 2.82. The second kappa shape index (κ2) is 7.39. The Morgan fingerprint density at radius 3 is 3.06 bits per heavy atom. The van der Waals surface area contributed by atoms with Crippen molar-refractivity contribution in [1.82, 2.24) is 15.5 Å². The normalized spacial score (nSPS) is 10.2. The number of hydrogen-bond acceptors (Lipinski definition) is 6. The fourth-order valence-corrected chi connectivity index (χ4v) is 1.84. The number of rotatable bonds is 6. The van der Waals surface area contributed by atoms with Crippen LogP contribution in [0.5, 0.6) is 0 Å². The van der Waals surface area contributed by atoms with Crippen LogP contribution in [-0.4, -0.2) is 30.5 Å². The second-order valence-electron chi connectivity index (χ2n) is 3.15. The number of nitrogens with zero attached hydrogens (tertiary/aromatic N) is 2. The van der Waals surface area contributed by atoms with Gasteiger partial charge >= 0.3 is 0 Å². The Hall–Kier alpha value is -0.950. The van der Waals surface area contributed by atoms with Crippen LogP contribution in [0.3, 0.4) is 0 Å². The van der Waals surface area contributed by atoms with Gasteiger partial charge in [-0.05, 0) is 11.4 Å². The van der Waals surface area contributed by atoms with Crippen LogP contribution in [0.4, 0.5) is 0 Å². The maximum Gasteiger partial charge on any atom is 0.257 e. The topological polar surface area (TPSA) is 60.2 Å². The van der Waals surface area contributed by atoms with Crippen molar-refractivity contribution >= 4 is 23.7 Å². The molecular formula is C10H14ClN3O2S. The van der Waals surface area contributed by atoms with Crippen LogP contribution in [0.15, 0.2) is 21.9 Å². The monoisotopic (exact) mass is 275 g/mol. The van der Waals surface area contributed by atoms with E-state index < -0.39 is 0 Å². The molecule has 0 bridgehead atoms. The number of thiophene rings is 1. The molecule has 2 aromatic rings. The van der Waals surface area contributed by atoms with Gasteiger partial charge in [-0.25, -0.2) is 0 Å². The van der Waals surface area contributed by atoms with Gasteiger partial charge < -0.3 is 14.5 Å². The Kier molecular flexibility index (Phi) is 6.13. The summed E-state index contributed by atoms with van der Waals surface area (Å²) in [6, 6.07) is 3.92. The second-order valence-corrected chi connectivity index (χ2v) is 4.10. The lowest BCUT2D eigenvalue weighted by Gasteiger charge is -1.98. The molecule has 2 heterocycles. The molecule has 0 atom stereocenters. The standard InChI is InChI=1S/C10H13N3O2S.ClH/c1-14-5-4-11-7-9-12-13-10(15-9)8-3-2-6-16-8;/h2-3,6,11H,4-5,7H2,1H3;1H. The van der Waals surface area contributed by atoms with Crippen molar-refractivity contribution in [2.45, 2.75) is 6.54 Å². The largest absolute Gasteiger partial charge is 0.419 e. The molecule has 1 N–H and O–H groups in total. The quantitative estimate of drug-likeness (QED) is 0.817. The lowest BCUT2D eigenvalue weighted by atomic mass is 10.5. The van der Waals surface area contributed by atoms with Crippen molar-refractivity contribution in [2.75, 3.05) is 20.3 Å². The van der Waals surface area contributed by atoms with Gasteiger partial charge in [0, 0.05) is 13.7 Å². The molecule has 0 unspecified atom stereocenters. The smallest absolute Gasteiger partial charge is 0.257 e. The molecule has 0 spiro atoms. The van der Waals surface area contributed by atoms with Crippen LogP contribution in [0, 0.1) is 0 Å². The maximum absolute atomic E-state index is 5.49. The van der Waals surface area contributed by atoms with Gasteiger partial charge in [0.2, 0.25) is 5.89 Å². The van der Waals surface area contributed by atoms with Gasteiger partial charge in [-0.15, -0.1) is 33.9 Å². The van der Waals surface area contributed by atoms with E-state index in [-0.39, 0.29) is 12.4 Å². The summed E-state index contributed by atoms with van der Waals surface area (Å²) in [5.74, 6) is 1.18. The molecule has 2 rings (SSSR count). The summed E-state index contributed by atoms with van der Waals surface area (Å²) in [4.78, 5) is 0.996. The number of nitrogens with one attached hydrogen (secondary N) is 1. The molecule has 2 aromatic heterocycles. The van der Waals surface area contributed by atoms with Crippen molar-refractivity contribution in [1.29, 1.82) is 0 Å². The SMILES string of the molecule is COCCNCc1nnc(-c2cccs2)o1.Cl. The lowest BCUT2D eigenvalue weighted by Crippen LogP contribution is -2.18. The Balaban J connectivity index is 0.00000144. The van der Waals surface area contributed by atoms with E-state index in [2.05, 4.69) is 15.5 Å². The zero-order valence-electron chi connectivity index (χ0n) is 9.38. The Morgan fingerprint density at radius 2 is 2.35 bits per heavy atom. The van der Waals surface area contributed by atoms with E-state index in [4.69, 9.17) is 9.15 Å². The minimum atomic E-state index is 0. The van der Waals surface area contributed by atoms with Gasteiger partial charge in [-0.2, -0.15) is 0 Å². The average Bonchev–Trinajstić information content (AvgIpc) is 2.94. The van der Waals surface area contributed by atoms with E-state index in [0.29, 0.717) is 24.9 Å². The fraction of sp³-hybridized carbons (Fsp3) is 0.400. The molecule has 0 saturated heterocycles. The molecule has 0 fully saturated rings. The van der Waals surface area contributed by atoms with Crippen molar-refractivity contribution in [3.63, 3.8) is 0 Å². The van der Waals surface area contributed by atoms with Gasteiger partial charge in [0.15, 0.2) is 0 Å². The van der Waals surface area contributed by atoms with Crippen LogP contribution in [0.25, 0.3) is 10.8 Å². The molecule has 94 valence electrons. The zero-order valence-corrected chi connectivity index (χ0v) is 11.0. The number of ether oxygens (including phenoxy) is 1. The number of hydrogen-bond donors (Lipinski definition) is 1. The first-order valence-corrected chi connectivity index (χ1v) is 5.84. The van der Waals surface area contributed by atoms with Gasteiger partial charge in [0.25, 0.3) is 5.89 Å². The van der Waals surface area contributed by atoms with Crippen molar-refractivity contribution < 1.29 is 9.15 Å². The van der Waals surface area contributed by atoms with Crippen molar-refractivity contribution in [2.24, 2.45) is 0 Å². The van der Waals surface area contributed by atoms with E-state index in [0.717, 1.165) is 11.4 Å². The molecule has 5 nitrogen and oxygen atoms in total. The van der Waals surface area contributed by atoms with Crippen LogP contribution in [0.2, 0.25) is 0 Å². The third-order valence-electron chi connectivity index (χ3n) is 1.96. The van der Waals surface area contributed by atoms with Gasteiger partial charge in [0.1, 0.15) is 0 Å². The summed E-state index contributed by atoms with van der Waals surface area (Å²) in [6.45, 7) is 2.01. The minimum absolute atomic E-state index is 0. The summed E-state index contributed by atoms with van der Waals surface area (Å²) in [6.07, 6.45) is 0. The van der Waals surface area contributed by atoms with Crippen molar-refractivity contribution in [3.05, 3.63) is 23.4 Å². The van der Waals surface area contributed by atoms with E-state index in [9.17, 15) is 0 Å². The van der Waals surface area contributed by atoms with Crippen LogP contribution in [-0.2, 0) is 11.3 Å². The first-order chi connectivity index (χ1) is 7.90. The Bertz CT molecular complexity index is 419. The molecule has 0 saturated carbocycles. The highest BCUT2D eigenvalue weighted by Crippen LogP contribution is 2.22. The lowest BCUT2D eigenvalue weighted by molar-refractivity contribution is 0.198. The summed E-state index contributed by atoms with van der Waals surface area (Å²) in [5.41, 5.74) is 0. The fourth-order valence-electron chi connectivity index (χ4n) is 1.19. The molecule has 0 aliphatic heterocycles. The first kappa shape index (κ1) is 14.1. The average molecular weight is 276 g/mol. The first-order valence-electron chi connectivity index (χ1n) is 4.96. The van der Waals surface area contributed by atoms with Crippen LogP contribution >= 0.6 is 23.7 Å². The highest BCUT2D eigenvalue weighted by molar-refractivity contribution is 7.13. The molecule has 0 aliphatic carbocycles. The number of aromatic nitrogens is 2. The van der Waals surface area contributed by atoms with E-state index in [1.165, 1.54) is 0 Å². The zero-order chi connectivity index (χ0) is 11.2. The number of halogens is 1. The van der Waals surface area contributed by atoms with E-state index in [1.54, 1.807) is 18.4 Å². The molecule has 0 aromatic carbocycles. The predicted molar refractivity (Wildman–Crippen MR) is 68.4 cm³/mol. The van der Waals surface area contributed by atoms with E-state index in [1.807, 2.05) is 17.5 Å². The van der Waals surface area contributed by atoms with Crippen LogP contribution in [0.1, 0.15) is 5.89 Å². The highest BCUT2D eigenvalue weighted by Gasteiger charge is 2.08. The van der Waals surface area contributed by atoms with E-state index >= 15 is 0 Å². The Labute approximate surface area is 110 Å². The van der Waals surface area contributed by atoms with Crippen LogP contribution < -0.4 is 5.32 Å². The third kappa shape index (κ3) is 4.08. The van der Waals surface area contributed by atoms with Crippen molar-refractivity contribution in [3.8, 4) is 10.8 Å². The summed E-state index contributed by atoms with van der Waals surface area (Å²) >= 11 is 1.58. The maximum atomic E-state index is 5.49. The number of methoxy groups -OCH3 is 1. The summed E-state index contributed by atoms with van der Waals surface area (Å²) in [7, 11) is 1.67. The molecular weight excluding hydrogens is 262 g/mol. The molecule has 7 heteroatoms. The minimum Gasteiger partial charge on any atom is -0.419 e. The summed E-state index contributed by atoms with van der Waals surface area (Å²) < 4.78 is 10.4. The molecule has 0 amide bonds. The molecule has 0 aliphatic rings.